The van der Waals surface area contributed by atoms with Gasteiger partial charge in [-0.25, -0.2) is 4.79 Å². The van der Waals surface area contributed by atoms with Crippen molar-refractivity contribution < 1.29 is 42.9 Å². The maximum Gasteiger partial charge on any atom is 0.411 e. The predicted octanol–water partition coefficient (Wildman–Crippen LogP) is 7.06. The zero-order valence-corrected chi connectivity index (χ0v) is 27.1. The molecular weight excluding hydrogens is 578 g/mol. The molecule has 0 radical (unpaired) electrons. The number of carbonyl (C=O) groups is 5. The molecule has 0 fully saturated rings. The molecule has 45 heavy (non-hydrogen) atoms. The van der Waals surface area contributed by atoms with Crippen molar-refractivity contribution in [2.24, 2.45) is 0 Å². The smallest absolute Gasteiger partial charge is 0.411 e. The summed E-state index contributed by atoms with van der Waals surface area (Å²) in [6, 6.07) is 6.65. The van der Waals surface area contributed by atoms with Crippen molar-refractivity contribution in [3.8, 4) is 0 Å². The molecule has 10 heteroatoms. The summed E-state index contributed by atoms with van der Waals surface area (Å²) in [4.78, 5) is 56.4. The lowest BCUT2D eigenvalue weighted by Crippen LogP contribution is -2.24. The summed E-state index contributed by atoms with van der Waals surface area (Å²) in [6.07, 6.45) is 15.4. The Labute approximate surface area is 266 Å². The summed E-state index contributed by atoms with van der Waals surface area (Å²) in [5, 5.41) is 2.66. The zero-order valence-electron chi connectivity index (χ0n) is 27.1. The first kappa shape index (κ1) is 37.4. The highest BCUT2D eigenvalue weighted by atomic mass is 16.6. The van der Waals surface area contributed by atoms with Crippen molar-refractivity contribution in [1.82, 2.24) is 0 Å². The molecule has 10 nitrogen and oxygen atoms in total. The van der Waals surface area contributed by atoms with Gasteiger partial charge in [-0.05, 0) is 94.7 Å². The number of hydrogen-bond donors (Lipinski definition) is 1. The lowest BCUT2D eigenvalue weighted by atomic mass is 10.0. The standard InChI is InChI=1S/C19H23NO5.C16H26O4/c1-13(21)15-9-11-16(12-10-15)20-19(23)25-18-7-3-5-17(6-4-8-18)24-14(2)22;1-3-14(18)7-6-12-19-15-8-4-10-16(11-5-9-15)20-13(2)17/h3,5,9-12,17-18H,4,6-8H2,1-2H3,(H,20,23);4,10,15-16H,3,5-9,11-12H2,1-2H3/b5-3+;10-4+. The molecule has 0 bridgehead atoms. The highest BCUT2D eigenvalue weighted by Crippen LogP contribution is 2.20. The zero-order chi connectivity index (χ0) is 33.0. The normalized spacial score (nSPS) is 22.8. The fourth-order valence-electron chi connectivity index (χ4n) is 4.95. The van der Waals surface area contributed by atoms with Crippen LogP contribution in [0.2, 0.25) is 0 Å². The molecule has 0 spiro atoms. The Kier molecular flexibility index (Phi) is 17.5. The summed E-state index contributed by atoms with van der Waals surface area (Å²) < 4.78 is 21.6. The van der Waals surface area contributed by atoms with Gasteiger partial charge in [0, 0.05) is 51.0 Å². The van der Waals surface area contributed by atoms with Crippen molar-refractivity contribution in [3.05, 3.63) is 54.1 Å². The van der Waals surface area contributed by atoms with Gasteiger partial charge < -0.3 is 18.9 Å². The van der Waals surface area contributed by atoms with Crippen molar-refractivity contribution >= 4 is 35.3 Å². The number of hydrogen-bond acceptors (Lipinski definition) is 9. The van der Waals surface area contributed by atoms with Gasteiger partial charge in [0.2, 0.25) is 0 Å². The van der Waals surface area contributed by atoms with Gasteiger partial charge in [-0.2, -0.15) is 0 Å². The SMILES string of the molecule is CC(=O)OC1/C=C/CC(OC(=O)Nc2ccc(C(C)=O)cc2)CCC1.CCC(=O)CCCOC1C/C=C/C(OC(C)=O)CCC1. The second-order valence-corrected chi connectivity index (χ2v) is 11.3. The molecule has 1 aromatic rings. The molecule has 0 heterocycles. The molecule has 0 saturated carbocycles. The number of benzene rings is 1. The van der Waals surface area contributed by atoms with Crippen LogP contribution in [0.3, 0.4) is 0 Å². The van der Waals surface area contributed by atoms with E-state index in [4.69, 9.17) is 18.9 Å². The van der Waals surface area contributed by atoms with Crippen LogP contribution < -0.4 is 5.32 Å². The van der Waals surface area contributed by atoms with Crippen LogP contribution in [-0.2, 0) is 33.3 Å². The lowest BCUT2D eigenvalue weighted by molar-refractivity contribution is -0.145. The number of esters is 2. The molecule has 0 aromatic heterocycles. The Morgan fingerprint density at radius 3 is 1.84 bits per heavy atom. The van der Waals surface area contributed by atoms with Crippen molar-refractivity contribution in [2.45, 2.75) is 123 Å². The second kappa shape index (κ2) is 21.0. The molecule has 2 aliphatic carbocycles. The van der Waals surface area contributed by atoms with E-state index >= 15 is 0 Å². The van der Waals surface area contributed by atoms with Crippen molar-refractivity contribution in [2.75, 3.05) is 11.9 Å². The van der Waals surface area contributed by atoms with E-state index in [9.17, 15) is 24.0 Å². The number of ketones is 2. The maximum absolute atomic E-state index is 12.0. The molecule has 0 saturated heterocycles. The molecular formula is C35H49NO9. The topological polar surface area (TPSA) is 134 Å². The average Bonchev–Trinajstić information content (AvgIpc) is 2.95. The average molecular weight is 628 g/mol. The molecule has 1 aromatic carbocycles. The van der Waals surface area contributed by atoms with Gasteiger partial charge in [0.05, 0.1) is 6.10 Å². The van der Waals surface area contributed by atoms with Gasteiger partial charge in [-0.15, -0.1) is 0 Å². The highest BCUT2D eigenvalue weighted by Gasteiger charge is 2.18. The van der Waals surface area contributed by atoms with Gasteiger partial charge in [-0.1, -0.05) is 19.1 Å². The van der Waals surface area contributed by atoms with Gasteiger partial charge >= 0.3 is 18.0 Å². The van der Waals surface area contributed by atoms with Crippen LogP contribution in [-0.4, -0.2) is 60.6 Å². The van der Waals surface area contributed by atoms with Gasteiger partial charge in [0.15, 0.2) is 5.78 Å². The van der Waals surface area contributed by atoms with Crippen LogP contribution in [0.25, 0.3) is 0 Å². The van der Waals surface area contributed by atoms with Crippen LogP contribution in [0.1, 0.15) is 109 Å². The van der Waals surface area contributed by atoms with Gasteiger partial charge in [0.25, 0.3) is 0 Å². The molecule has 3 rings (SSSR count). The summed E-state index contributed by atoms with van der Waals surface area (Å²) in [5.41, 5.74) is 1.16. The third kappa shape index (κ3) is 16.7. The summed E-state index contributed by atoms with van der Waals surface area (Å²) in [7, 11) is 0. The summed E-state index contributed by atoms with van der Waals surface area (Å²) in [6.45, 7) is 6.87. The second-order valence-electron chi connectivity index (χ2n) is 11.3. The largest absolute Gasteiger partial charge is 0.458 e. The van der Waals surface area contributed by atoms with Crippen LogP contribution in [0.5, 0.6) is 0 Å². The van der Waals surface area contributed by atoms with Crippen LogP contribution in [0.4, 0.5) is 10.5 Å². The predicted molar refractivity (Wildman–Crippen MR) is 171 cm³/mol. The van der Waals surface area contributed by atoms with Crippen LogP contribution in [0, 0.1) is 0 Å². The summed E-state index contributed by atoms with van der Waals surface area (Å²) in [5.74, 6) is -0.246. The van der Waals surface area contributed by atoms with E-state index in [2.05, 4.69) is 5.32 Å². The van der Waals surface area contributed by atoms with Gasteiger partial charge in [0.1, 0.15) is 24.1 Å². The van der Waals surface area contributed by atoms with Crippen molar-refractivity contribution in [1.29, 1.82) is 0 Å². The van der Waals surface area contributed by atoms with Crippen LogP contribution >= 0.6 is 0 Å². The molecule has 4 unspecified atom stereocenters. The molecule has 248 valence electrons. The van der Waals surface area contributed by atoms with E-state index in [-0.39, 0.29) is 42.1 Å². The van der Waals surface area contributed by atoms with E-state index in [1.54, 1.807) is 24.3 Å². The third-order valence-electron chi connectivity index (χ3n) is 7.32. The monoisotopic (exact) mass is 627 g/mol. The number of anilines is 1. The molecule has 1 amide bonds. The van der Waals surface area contributed by atoms with E-state index in [0.29, 0.717) is 55.7 Å². The van der Waals surface area contributed by atoms with E-state index in [1.807, 2.05) is 31.2 Å². The number of ether oxygens (including phenoxy) is 4. The van der Waals surface area contributed by atoms with Gasteiger partial charge in [-0.3, -0.25) is 24.5 Å². The minimum atomic E-state index is -0.522. The van der Waals surface area contributed by atoms with E-state index < -0.39 is 6.09 Å². The molecule has 2 aliphatic rings. The quantitative estimate of drug-likeness (QED) is 0.0899. The number of amides is 1. The Hall–Kier alpha value is -3.79. The maximum atomic E-state index is 12.0. The minimum absolute atomic E-state index is 0.0255. The number of carbonyl (C=O) groups excluding carboxylic acids is 5. The number of rotatable bonds is 11. The van der Waals surface area contributed by atoms with E-state index in [1.165, 1.54) is 20.8 Å². The highest BCUT2D eigenvalue weighted by molar-refractivity contribution is 5.95. The Balaban J connectivity index is 0.000000322. The molecule has 4 atom stereocenters. The third-order valence-corrected chi connectivity index (χ3v) is 7.32. The van der Waals surface area contributed by atoms with Crippen LogP contribution in [0.15, 0.2) is 48.6 Å². The van der Waals surface area contributed by atoms with E-state index in [0.717, 1.165) is 38.5 Å². The van der Waals surface area contributed by atoms with Crippen molar-refractivity contribution in [3.63, 3.8) is 0 Å². The number of nitrogens with one attached hydrogen (secondary N) is 1. The molecule has 0 aliphatic heterocycles. The fraction of sp³-hybridized carbons (Fsp3) is 0.571. The Bertz CT molecular complexity index is 1160. The Morgan fingerprint density at radius 1 is 0.756 bits per heavy atom. The minimum Gasteiger partial charge on any atom is -0.458 e. The fourth-order valence-corrected chi connectivity index (χ4v) is 4.95. The first-order valence-electron chi connectivity index (χ1n) is 15.9. The number of Topliss-reactive ketones (excluding diaryl/α,β-unsaturated/α-hetero) is 2. The lowest BCUT2D eigenvalue weighted by Gasteiger charge is -2.21. The summed E-state index contributed by atoms with van der Waals surface area (Å²) >= 11 is 0. The Morgan fingerprint density at radius 2 is 1.31 bits per heavy atom. The first-order valence-corrected chi connectivity index (χ1v) is 15.9. The first-order chi connectivity index (χ1) is 21.5. The molecule has 1 N–H and O–H groups in total.